The Morgan fingerprint density at radius 3 is 2.37 bits per heavy atom. The molecule has 2 fully saturated rings. The molecule has 146 valence electrons. The number of hydrogen-bond acceptors (Lipinski definition) is 4. The molecule has 2 aliphatic heterocycles. The number of rotatable bonds is 4. The van der Waals surface area contributed by atoms with E-state index in [2.05, 4.69) is 10.2 Å². The number of halogens is 2. The number of hydrogen-bond donors (Lipinski definition) is 1. The molecule has 1 atom stereocenters. The van der Waals surface area contributed by atoms with Crippen LogP contribution in [0.25, 0.3) is 0 Å². The molecule has 0 bridgehead atoms. The third kappa shape index (κ3) is 4.22. The van der Waals surface area contributed by atoms with Gasteiger partial charge in [0.1, 0.15) is 0 Å². The first-order valence-corrected chi connectivity index (χ1v) is 9.78. The van der Waals surface area contributed by atoms with Crippen LogP contribution in [0.2, 0.25) is 10.0 Å². The molecule has 3 rings (SSSR count). The van der Waals surface area contributed by atoms with E-state index >= 15 is 0 Å². The predicted molar refractivity (Wildman–Crippen MR) is 105 cm³/mol. The normalized spacial score (nSPS) is 23.0. The Bertz CT molecular complexity index is 791. The topological polar surface area (TPSA) is 69.7 Å². The summed E-state index contributed by atoms with van der Waals surface area (Å²) in [6, 6.07) is 3.72. The SMILES string of the molecule is Cc1cc(Cl)c(Cl)cc1N1CCN(C(=O)CCC2(C)NC(=O)CC2=O)CC1. The van der Waals surface area contributed by atoms with E-state index in [1.165, 1.54) is 0 Å². The minimum absolute atomic E-state index is 0.00989. The molecule has 0 spiro atoms. The lowest BCUT2D eigenvalue weighted by atomic mass is 9.92. The van der Waals surface area contributed by atoms with Crippen LogP contribution >= 0.6 is 23.2 Å². The van der Waals surface area contributed by atoms with Crippen LogP contribution in [0.15, 0.2) is 12.1 Å². The number of aryl methyl sites for hydroxylation is 1. The van der Waals surface area contributed by atoms with Crippen LogP contribution in [-0.2, 0) is 14.4 Å². The van der Waals surface area contributed by atoms with Gasteiger partial charge in [0.25, 0.3) is 0 Å². The van der Waals surface area contributed by atoms with E-state index in [1.807, 2.05) is 24.0 Å². The number of anilines is 1. The van der Waals surface area contributed by atoms with Gasteiger partial charge < -0.3 is 15.1 Å². The van der Waals surface area contributed by atoms with Crippen molar-refractivity contribution in [3.8, 4) is 0 Å². The first-order chi connectivity index (χ1) is 12.7. The van der Waals surface area contributed by atoms with Crippen molar-refractivity contribution in [3.05, 3.63) is 27.7 Å². The lowest BCUT2D eigenvalue weighted by Crippen LogP contribution is -2.50. The summed E-state index contributed by atoms with van der Waals surface area (Å²) >= 11 is 12.2. The first-order valence-electron chi connectivity index (χ1n) is 9.02. The molecule has 0 aromatic heterocycles. The smallest absolute Gasteiger partial charge is 0.228 e. The zero-order chi connectivity index (χ0) is 19.8. The molecule has 2 saturated heterocycles. The maximum absolute atomic E-state index is 12.5. The van der Waals surface area contributed by atoms with Crippen molar-refractivity contribution in [2.45, 2.75) is 38.6 Å². The number of carbonyl (C=O) groups is 3. The van der Waals surface area contributed by atoms with Gasteiger partial charge in [0.15, 0.2) is 5.78 Å². The number of nitrogens with zero attached hydrogens (tertiary/aromatic N) is 2. The zero-order valence-electron chi connectivity index (χ0n) is 15.5. The van der Waals surface area contributed by atoms with Gasteiger partial charge in [-0.25, -0.2) is 0 Å². The lowest BCUT2D eigenvalue weighted by Gasteiger charge is -2.37. The van der Waals surface area contributed by atoms with Crippen LogP contribution in [0.5, 0.6) is 0 Å². The Balaban J connectivity index is 1.55. The molecule has 1 aromatic carbocycles. The Morgan fingerprint density at radius 2 is 1.78 bits per heavy atom. The van der Waals surface area contributed by atoms with E-state index < -0.39 is 5.54 Å². The summed E-state index contributed by atoms with van der Waals surface area (Å²) in [6.45, 7) is 6.31. The second-order valence-electron chi connectivity index (χ2n) is 7.40. The van der Waals surface area contributed by atoms with E-state index in [9.17, 15) is 14.4 Å². The number of ketones is 1. The van der Waals surface area contributed by atoms with Crippen LogP contribution in [-0.4, -0.2) is 54.2 Å². The highest BCUT2D eigenvalue weighted by atomic mass is 35.5. The second-order valence-corrected chi connectivity index (χ2v) is 8.22. The molecule has 1 unspecified atom stereocenters. The fraction of sp³-hybridized carbons (Fsp3) is 0.526. The van der Waals surface area contributed by atoms with Gasteiger partial charge in [0, 0.05) is 38.3 Å². The van der Waals surface area contributed by atoms with Crippen LogP contribution in [0, 0.1) is 6.92 Å². The van der Waals surface area contributed by atoms with Gasteiger partial charge in [-0.1, -0.05) is 23.2 Å². The van der Waals surface area contributed by atoms with Gasteiger partial charge in [-0.3, -0.25) is 14.4 Å². The van der Waals surface area contributed by atoms with Gasteiger partial charge in [-0.05, 0) is 38.0 Å². The molecule has 2 aliphatic rings. The van der Waals surface area contributed by atoms with Crippen molar-refractivity contribution in [2.75, 3.05) is 31.1 Å². The molecule has 0 aliphatic carbocycles. The third-order valence-electron chi connectivity index (χ3n) is 5.40. The number of amides is 2. The van der Waals surface area contributed by atoms with Crippen molar-refractivity contribution >= 4 is 46.5 Å². The number of carbonyl (C=O) groups excluding carboxylic acids is 3. The predicted octanol–water partition coefficient (Wildman–Crippen LogP) is 2.58. The molecule has 0 radical (unpaired) electrons. The standard InChI is InChI=1S/C19H23Cl2N3O3/c1-12-9-13(20)14(21)10-15(12)23-5-7-24(8-6-23)18(27)3-4-19(2)16(25)11-17(26)22-19/h9-10H,3-8,11H2,1-2H3,(H,22,26). The summed E-state index contributed by atoms with van der Waals surface area (Å²) in [4.78, 5) is 39.9. The van der Waals surface area contributed by atoms with E-state index in [0.29, 0.717) is 42.6 Å². The summed E-state index contributed by atoms with van der Waals surface area (Å²) in [5.41, 5.74) is 1.17. The fourth-order valence-corrected chi connectivity index (χ4v) is 4.03. The molecule has 1 aromatic rings. The number of Topliss-reactive ketones (excluding diaryl/α,β-unsaturated/α-hetero) is 1. The summed E-state index contributed by atoms with van der Waals surface area (Å²) in [6.07, 6.45) is 0.489. The quantitative estimate of drug-likeness (QED) is 0.772. The van der Waals surface area contributed by atoms with E-state index in [4.69, 9.17) is 23.2 Å². The molecule has 1 N–H and O–H groups in total. The van der Waals surface area contributed by atoms with Crippen molar-refractivity contribution in [1.29, 1.82) is 0 Å². The summed E-state index contributed by atoms with van der Waals surface area (Å²) in [5.74, 6) is -0.392. The Labute approximate surface area is 168 Å². The van der Waals surface area contributed by atoms with Crippen molar-refractivity contribution in [2.24, 2.45) is 0 Å². The highest BCUT2D eigenvalue weighted by Gasteiger charge is 2.41. The van der Waals surface area contributed by atoms with Crippen molar-refractivity contribution in [1.82, 2.24) is 10.2 Å². The third-order valence-corrected chi connectivity index (χ3v) is 6.12. The number of benzene rings is 1. The molecular formula is C19H23Cl2N3O3. The van der Waals surface area contributed by atoms with Crippen LogP contribution in [0.3, 0.4) is 0 Å². The monoisotopic (exact) mass is 411 g/mol. The Hall–Kier alpha value is -1.79. The largest absolute Gasteiger partial charge is 0.368 e. The van der Waals surface area contributed by atoms with Gasteiger partial charge in [0.05, 0.1) is 22.0 Å². The van der Waals surface area contributed by atoms with E-state index in [0.717, 1.165) is 11.3 Å². The van der Waals surface area contributed by atoms with Crippen LogP contribution < -0.4 is 10.2 Å². The Kier molecular flexibility index (Phi) is 5.68. The minimum atomic E-state index is -0.911. The molecule has 8 heteroatoms. The lowest BCUT2D eigenvalue weighted by molar-refractivity contribution is -0.132. The second kappa shape index (κ2) is 7.68. The van der Waals surface area contributed by atoms with Crippen LogP contribution in [0.1, 0.15) is 31.7 Å². The van der Waals surface area contributed by atoms with Crippen molar-refractivity contribution in [3.63, 3.8) is 0 Å². The molecule has 2 heterocycles. The van der Waals surface area contributed by atoms with Crippen LogP contribution in [0.4, 0.5) is 5.69 Å². The first kappa shape index (κ1) is 20.0. The number of nitrogens with one attached hydrogen (secondary N) is 1. The molecule has 6 nitrogen and oxygen atoms in total. The highest BCUT2D eigenvalue weighted by Crippen LogP contribution is 2.31. The number of piperazine rings is 1. The van der Waals surface area contributed by atoms with Crippen molar-refractivity contribution < 1.29 is 14.4 Å². The molecule has 27 heavy (non-hydrogen) atoms. The minimum Gasteiger partial charge on any atom is -0.368 e. The molecular weight excluding hydrogens is 389 g/mol. The summed E-state index contributed by atoms with van der Waals surface area (Å²) in [5, 5.41) is 3.75. The summed E-state index contributed by atoms with van der Waals surface area (Å²) < 4.78 is 0. The van der Waals surface area contributed by atoms with E-state index in [-0.39, 0.29) is 30.4 Å². The molecule has 2 amide bonds. The van der Waals surface area contributed by atoms with Gasteiger partial charge in [0.2, 0.25) is 11.8 Å². The van der Waals surface area contributed by atoms with E-state index in [1.54, 1.807) is 6.92 Å². The molecule has 0 saturated carbocycles. The average Bonchev–Trinajstić information content (AvgIpc) is 2.88. The Morgan fingerprint density at radius 1 is 1.15 bits per heavy atom. The average molecular weight is 412 g/mol. The zero-order valence-corrected chi connectivity index (χ0v) is 17.0. The summed E-state index contributed by atoms with van der Waals surface area (Å²) in [7, 11) is 0. The highest BCUT2D eigenvalue weighted by molar-refractivity contribution is 6.42. The maximum Gasteiger partial charge on any atom is 0.228 e. The fourth-order valence-electron chi connectivity index (χ4n) is 3.65. The van der Waals surface area contributed by atoms with Gasteiger partial charge in [-0.15, -0.1) is 0 Å². The van der Waals surface area contributed by atoms with Gasteiger partial charge >= 0.3 is 0 Å². The van der Waals surface area contributed by atoms with Gasteiger partial charge in [-0.2, -0.15) is 0 Å². The maximum atomic E-state index is 12.5.